The number of hydrogen-bond donors (Lipinski definition) is 0. The molecule has 0 amide bonds. The molecule has 0 radical (unpaired) electrons. The molecule has 1 aliphatic rings. The summed E-state index contributed by atoms with van der Waals surface area (Å²) >= 11 is 5.85. The quantitative estimate of drug-likeness (QED) is 0.798. The van der Waals surface area contributed by atoms with Gasteiger partial charge in [0.25, 0.3) is 0 Å². The van der Waals surface area contributed by atoms with Crippen LogP contribution in [0.25, 0.3) is 0 Å². The molecule has 0 spiro atoms. The number of carbonyl (C=O) groups excluding carboxylic acids is 1. The molecule has 1 aromatic carbocycles. The molecule has 1 fully saturated rings. The molecule has 0 N–H and O–H groups in total. The molecule has 2 rings (SSSR count). The van der Waals surface area contributed by atoms with Crippen molar-refractivity contribution in [2.24, 2.45) is 5.92 Å². The Balaban J connectivity index is 2.32. The van der Waals surface area contributed by atoms with Gasteiger partial charge >= 0.3 is 0 Å². The first-order valence-corrected chi connectivity index (χ1v) is 7.71. The molecule has 98 valence electrons. The van der Waals surface area contributed by atoms with Crippen LogP contribution in [0.2, 0.25) is 5.02 Å². The minimum Gasteiger partial charge on any atom is -0.496 e. The number of rotatable bonds is 3. The maximum Gasteiger partial charge on any atom is 0.170 e. The lowest BCUT2D eigenvalue weighted by Crippen LogP contribution is -2.17. The second kappa shape index (κ2) is 4.90. The van der Waals surface area contributed by atoms with Crippen molar-refractivity contribution in [2.45, 2.75) is 6.42 Å². The monoisotopic (exact) mass is 288 g/mol. The Kier molecular flexibility index (Phi) is 3.64. The van der Waals surface area contributed by atoms with Gasteiger partial charge in [-0.15, -0.1) is 0 Å². The van der Waals surface area contributed by atoms with Gasteiger partial charge < -0.3 is 4.74 Å². The Hall–Kier alpha value is -1.07. The van der Waals surface area contributed by atoms with Crippen molar-refractivity contribution >= 4 is 27.2 Å². The molecule has 1 saturated heterocycles. The third-order valence-electron chi connectivity index (χ3n) is 3.03. The van der Waals surface area contributed by atoms with Crippen LogP contribution >= 0.6 is 11.6 Å². The van der Waals surface area contributed by atoms with Crippen LogP contribution in [-0.4, -0.2) is 32.8 Å². The second-order valence-corrected chi connectivity index (χ2v) is 6.97. The number of methoxy groups -OCH3 is 1. The molecule has 1 atom stereocenters. The number of benzene rings is 1. The van der Waals surface area contributed by atoms with Crippen molar-refractivity contribution < 1.29 is 17.9 Å². The van der Waals surface area contributed by atoms with Crippen LogP contribution in [0.1, 0.15) is 16.8 Å². The summed E-state index contributed by atoms with van der Waals surface area (Å²) < 4.78 is 27.9. The molecule has 4 nitrogen and oxygen atoms in total. The molecule has 0 saturated carbocycles. The molecule has 1 aromatic rings. The number of hydrogen-bond acceptors (Lipinski definition) is 4. The highest BCUT2D eigenvalue weighted by Crippen LogP contribution is 2.29. The van der Waals surface area contributed by atoms with E-state index in [-0.39, 0.29) is 17.3 Å². The van der Waals surface area contributed by atoms with Crippen molar-refractivity contribution in [3.8, 4) is 5.75 Å². The summed E-state index contributed by atoms with van der Waals surface area (Å²) in [5.41, 5.74) is 0.354. The number of ketones is 1. The summed E-state index contributed by atoms with van der Waals surface area (Å²) in [5.74, 6) is -0.278. The van der Waals surface area contributed by atoms with Gasteiger partial charge in [-0.1, -0.05) is 11.6 Å². The first-order chi connectivity index (χ1) is 8.43. The SMILES string of the molecule is COc1ccc(Cl)cc1C(=O)C1CCS(=O)(=O)C1. The highest BCUT2D eigenvalue weighted by atomic mass is 35.5. The summed E-state index contributed by atoms with van der Waals surface area (Å²) in [7, 11) is -1.61. The maximum atomic E-state index is 12.3. The average Bonchev–Trinajstić information content (AvgIpc) is 2.68. The Morgan fingerprint density at radius 1 is 1.44 bits per heavy atom. The number of sulfone groups is 1. The molecule has 0 aromatic heterocycles. The van der Waals surface area contributed by atoms with Crippen LogP contribution in [0.5, 0.6) is 5.75 Å². The fourth-order valence-electron chi connectivity index (χ4n) is 2.09. The summed E-state index contributed by atoms with van der Waals surface area (Å²) in [4.78, 5) is 12.3. The first-order valence-electron chi connectivity index (χ1n) is 5.51. The van der Waals surface area contributed by atoms with Crippen molar-refractivity contribution in [1.29, 1.82) is 0 Å². The highest BCUT2D eigenvalue weighted by Gasteiger charge is 2.34. The third kappa shape index (κ3) is 2.67. The van der Waals surface area contributed by atoms with Gasteiger partial charge in [-0.25, -0.2) is 8.42 Å². The van der Waals surface area contributed by atoms with E-state index < -0.39 is 15.8 Å². The average molecular weight is 289 g/mol. The minimum absolute atomic E-state index is 0.0757. The van der Waals surface area contributed by atoms with E-state index in [1.807, 2.05) is 0 Å². The summed E-state index contributed by atoms with van der Waals surface area (Å²) in [5, 5.41) is 0.431. The van der Waals surface area contributed by atoms with Gasteiger partial charge in [0.1, 0.15) is 5.75 Å². The van der Waals surface area contributed by atoms with E-state index in [0.29, 0.717) is 22.8 Å². The molecular weight excluding hydrogens is 276 g/mol. The normalized spacial score (nSPS) is 21.8. The molecule has 0 aliphatic carbocycles. The van der Waals surface area contributed by atoms with Crippen molar-refractivity contribution in [2.75, 3.05) is 18.6 Å². The van der Waals surface area contributed by atoms with E-state index in [9.17, 15) is 13.2 Å². The van der Waals surface area contributed by atoms with E-state index in [2.05, 4.69) is 0 Å². The largest absolute Gasteiger partial charge is 0.496 e. The molecule has 1 aliphatic heterocycles. The Bertz CT molecular complexity index is 580. The number of carbonyl (C=O) groups is 1. The van der Waals surface area contributed by atoms with E-state index in [1.165, 1.54) is 13.2 Å². The van der Waals surface area contributed by atoms with E-state index >= 15 is 0 Å². The standard InChI is InChI=1S/C12H13ClO4S/c1-17-11-3-2-9(13)6-10(11)12(14)8-4-5-18(15,16)7-8/h2-3,6,8H,4-5,7H2,1H3. The lowest BCUT2D eigenvalue weighted by atomic mass is 9.96. The van der Waals surface area contributed by atoms with Crippen LogP contribution in [-0.2, 0) is 9.84 Å². The molecule has 6 heteroatoms. The van der Waals surface area contributed by atoms with Gasteiger partial charge in [0.15, 0.2) is 15.6 Å². The van der Waals surface area contributed by atoms with Crippen LogP contribution < -0.4 is 4.74 Å². The predicted molar refractivity (Wildman–Crippen MR) is 69.1 cm³/mol. The summed E-state index contributed by atoms with van der Waals surface area (Å²) in [6.07, 6.45) is 0.372. The van der Waals surface area contributed by atoms with Gasteiger partial charge in [-0.2, -0.15) is 0 Å². The predicted octanol–water partition coefficient (Wildman–Crippen LogP) is 1.97. The zero-order valence-electron chi connectivity index (χ0n) is 9.85. The Morgan fingerprint density at radius 2 is 2.17 bits per heavy atom. The van der Waals surface area contributed by atoms with Crippen molar-refractivity contribution in [1.82, 2.24) is 0 Å². The van der Waals surface area contributed by atoms with Gasteiger partial charge in [0.2, 0.25) is 0 Å². The van der Waals surface area contributed by atoms with E-state index in [4.69, 9.17) is 16.3 Å². The Morgan fingerprint density at radius 3 is 2.72 bits per heavy atom. The zero-order chi connectivity index (χ0) is 13.3. The molecule has 1 unspecified atom stereocenters. The third-order valence-corrected chi connectivity index (χ3v) is 5.03. The second-order valence-electron chi connectivity index (χ2n) is 4.31. The number of Topliss-reactive ketones (excluding diaryl/α,β-unsaturated/α-hetero) is 1. The van der Waals surface area contributed by atoms with Crippen LogP contribution in [0.3, 0.4) is 0 Å². The smallest absolute Gasteiger partial charge is 0.170 e. The molecular formula is C12H13ClO4S. The fourth-order valence-corrected chi connectivity index (χ4v) is 4.01. The van der Waals surface area contributed by atoms with Crippen LogP contribution in [0.4, 0.5) is 0 Å². The van der Waals surface area contributed by atoms with Gasteiger partial charge in [-0.3, -0.25) is 4.79 Å². The van der Waals surface area contributed by atoms with E-state index in [0.717, 1.165) is 0 Å². The highest BCUT2D eigenvalue weighted by molar-refractivity contribution is 7.91. The zero-order valence-corrected chi connectivity index (χ0v) is 11.4. The number of ether oxygens (including phenoxy) is 1. The van der Waals surface area contributed by atoms with E-state index in [1.54, 1.807) is 12.1 Å². The topological polar surface area (TPSA) is 60.4 Å². The maximum absolute atomic E-state index is 12.3. The van der Waals surface area contributed by atoms with Gasteiger partial charge in [0, 0.05) is 10.9 Å². The summed E-state index contributed by atoms with van der Waals surface area (Å²) in [6, 6.07) is 4.76. The molecule has 1 heterocycles. The van der Waals surface area contributed by atoms with Gasteiger partial charge in [-0.05, 0) is 24.6 Å². The van der Waals surface area contributed by atoms with Gasteiger partial charge in [0.05, 0.1) is 24.2 Å². The number of halogens is 1. The van der Waals surface area contributed by atoms with Crippen molar-refractivity contribution in [3.63, 3.8) is 0 Å². The Labute approximate surface area is 111 Å². The lowest BCUT2D eigenvalue weighted by molar-refractivity contribution is 0.0930. The minimum atomic E-state index is -3.07. The van der Waals surface area contributed by atoms with Crippen LogP contribution in [0.15, 0.2) is 18.2 Å². The fraction of sp³-hybridized carbons (Fsp3) is 0.417. The molecule has 18 heavy (non-hydrogen) atoms. The first kappa shape index (κ1) is 13.4. The summed E-state index contributed by atoms with van der Waals surface area (Å²) in [6.45, 7) is 0. The van der Waals surface area contributed by atoms with Crippen molar-refractivity contribution in [3.05, 3.63) is 28.8 Å². The molecule has 0 bridgehead atoms. The lowest BCUT2D eigenvalue weighted by Gasteiger charge is -2.11. The van der Waals surface area contributed by atoms with Crippen LogP contribution in [0, 0.1) is 5.92 Å².